The first-order valence-electron chi connectivity index (χ1n) is 10.7. The lowest BCUT2D eigenvalue weighted by molar-refractivity contribution is 0.0419. The second-order valence-electron chi connectivity index (χ2n) is 8.51. The van der Waals surface area contributed by atoms with Crippen LogP contribution >= 0.6 is 0 Å². The second kappa shape index (κ2) is 8.45. The molecule has 162 valence electrons. The molecule has 0 bridgehead atoms. The first-order chi connectivity index (χ1) is 15.1. The number of nitrogens with one attached hydrogen (secondary N) is 1. The lowest BCUT2D eigenvalue weighted by Crippen LogP contribution is -2.56. The predicted octanol–water partition coefficient (Wildman–Crippen LogP) is 2.78. The quantitative estimate of drug-likeness (QED) is 0.659. The van der Waals surface area contributed by atoms with Crippen molar-refractivity contribution in [2.45, 2.75) is 44.1 Å². The van der Waals surface area contributed by atoms with Crippen LogP contribution in [0.25, 0.3) is 0 Å². The summed E-state index contributed by atoms with van der Waals surface area (Å²) >= 11 is 0. The monoisotopic (exact) mass is 424 g/mol. The van der Waals surface area contributed by atoms with Crippen molar-refractivity contribution in [3.63, 3.8) is 0 Å². The summed E-state index contributed by atoms with van der Waals surface area (Å²) in [6.07, 6.45) is 5.09. The Morgan fingerprint density at radius 3 is 2.87 bits per heavy atom. The van der Waals surface area contributed by atoms with E-state index >= 15 is 0 Å². The van der Waals surface area contributed by atoms with Crippen molar-refractivity contribution < 1.29 is 8.78 Å². The van der Waals surface area contributed by atoms with Gasteiger partial charge in [0.1, 0.15) is 11.6 Å². The molecule has 31 heavy (non-hydrogen) atoms. The highest BCUT2D eigenvalue weighted by Crippen LogP contribution is 2.36. The summed E-state index contributed by atoms with van der Waals surface area (Å²) in [6.45, 7) is 3.04. The number of aromatic amines is 1. The summed E-state index contributed by atoms with van der Waals surface area (Å²) in [4.78, 5) is 9.02. The van der Waals surface area contributed by atoms with Crippen LogP contribution in [0.15, 0.2) is 48.8 Å². The van der Waals surface area contributed by atoms with E-state index in [1.807, 2.05) is 24.4 Å². The molecule has 5 rings (SSSR count). The number of likely N-dealkylation sites (tertiary alicyclic amines) is 1. The molecular weight excluding hydrogens is 398 g/mol. The number of halogens is 2. The van der Waals surface area contributed by atoms with Gasteiger partial charge < -0.3 is 5.73 Å². The molecule has 3 atom stereocenters. The molecule has 0 aliphatic carbocycles. The van der Waals surface area contributed by atoms with Crippen molar-refractivity contribution in [3.8, 4) is 0 Å². The van der Waals surface area contributed by atoms with Crippen molar-refractivity contribution in [2.75, 3.05) is 13.1 Å². The van der Waals surface area contributed by atoms with Crippen molar-refractivity contribution >= 4 is 0 Å². The number of benzene rings is 1. The van der Waals surface area contributed by atoms with Gasteiger partial charge in [0.05, 0.1) is 17.9 Å². The number of H-pyrrole nitrogens is 1. The molecule has 0 spiro atoms. The number of hydrogen-bond donors (Lipinski definition) is 2. The third-order valence-corrected chi connectivity index (χ3v) is 6.50. The summed E-state index contributed by atoms with van der Waals surface area (Å²) < 4.78 is 28.7. The molecule has 0 amide bonds. The number of hydrogen-bond acceptors (Lipinski definition) is 5. The van der Waals surface area contributed by atoms with Crippen LogP contribution in [0.4, 0.5) is 8.78 Å². The van der Waals surface area contributed by atoms with E-state index in [0.29, 0.717) is 12.1 Å². The lowest BCUT2D eigenvalue weighted by Gasteiger charge is -2.46. The highest BCUT2D eigenvalue weighted by molar-refractivity contribution is 5.26. The Balaban J connectivity index is 1.40. The third-order valence-electron chi connectivity index (χ3n) is 6.50. The summed E-state index contributed by atoms with van der Waals surface area (Å²) in [5, 5.41) is 7.18. The smallest absolute Gasteiger partial charge is 0.128 e. The van der Waals surface area contributed by atoms with Crippen LogP contribution < -0.4 is 5.73 Å². The van der Waals surface area contributed by atoms with Crippen molar-refractivity contribution in [1.29, 1.82) is 0 Å². The Bertz CT molecular complexity index is 1020. The van der Waals surface area contributed by atoms with E-state index in [9.17, 15) is 8.78 Å². The van der Waals surface area contributed by atoms with Crippen LogP contribution in [-0.4, -0.2) is 50.2 Å². The molecule has 0 radical (unpaired) electrons. The van der Waals surface area contributed by atoms with Crippen molar-refractivity contribution in [2.24, 2.45) is 5.73 Å². The van der Waals surface area contributed by atoms with E-state index in [-0.39, 0.29) is 18.1 Å². The molecule has 1 saturated heterocycles. The standard InChI is InChI=1S/C23H26F2N6/c24-16-4-5-20(25)19(9-16)23-21(26)10-18(31-12-15-11-28-29-22(15)14-31)13-30(23)8-6-17-3-1-2-7-27-17/h1-5,7,9,11,18,21,23H,6,8,10,12-14,26H2,(H,28,29)/t18?,21?,23-/m1/s1. The van der Waals surface area contributed by atoms with Gasteiger partial charge in [-0.3, -0.25) is 19.9 Å². The van der Waals surface area contributed by atoms with Crippen LogP contribution in [0.3, 0.4) is 0 Å². The topological polar surface area (TPSA) is 74.1 Å². The average Bonchev–Trinajstić information content (AvgIpc) is 3.37. The number of nitrogens with zero attached hydrogens (tertiary/aromatic N) is 4. The third kappa shape index (κ3) is 4.11. The van der Waals surface area contributed by atoms with Crippen LogP contribution in [-0.2, 0) is 19.5 Å². The first kappa shape index (κ1) is 20.2. The molecule has 3 aromatic rings. The second-order valence-corrected chi connectivity index (χ2v) is 8.51. The Labute approximate surface area is 180 Å². The number of piperidine rings is 1. The lowest BCUT2D eigenvalue weighted by atomic mass is 9.87. The molecule has 2 unspecified atom stereocenters. The fourth-order valence-corrected chi connectivity index (χ4v) is 4.99. The van der Waals surface area contributed by atoms with E-state index in [2.05, 4.69) is 25.0 Å². The number of aromatic nitrogens is 3. The highest BCUT2D eigenvalue weighted by atomic mass is 19.1. The maximum Gasteiger partial charge on any atom is 0.128 e. The molecule has 2 aromatic heterocycles. The maximum atomic E-state index is 14.7. The zero-order valence-electron chi connectivity index (χ0n) is 17.2. The molecule has 2 aliphatic heterocycles. The van der Waals surface area contributed by atoms with Crippen LogP contribution in [0.2, 0.25) is 0 Å². The predicted molar refractivity (Wildman–Crippen MR) is 113 cm³/mol. The number of pyridine rings is 1. The summed E-state index contributed by atoms with van der Waals surface area (Å²) in [5.41, 5.74) is 10.3. The van der Waals surface area contributed by atoms with Crippen molar-refractivity contribution in [1.82, 2.24) is 25.0 Å². The Morgan fingerprint density at radius 2 is 2.06 bits per heavy atom. The van der Waals surface area contributed by atoms with Gasteiger partial charge in [-0.1, -0.05) is 6.07 Å². The van der Waals surface area contributed by atoms with Crippen molar-refractivity contribution in [3.05, 3.63) is 82.9 Å². The molecular formula is C23H26F2N6. The van der Waals surface area contributed by atoms with E-state index in [0.717, 1.165) is 49.9 Å². The fraction of sp³-hybridized carbons (Fsp3) is 0.391. The number of nitrogens with two attached hydrogens (primary N) is 1. The van der Waals surface area contributed by atoms with E-state index in [4.69, 9.17) is 5.73 Å². The zero-order valence-corrected chi connectivity index (χ0v) is 17.2. The van der Waals surface area contributed by atoms with Gasteiger partial charge in [-0.2, -0.15) is 5.10 Å². The SMILES string of the molecule is NC1CC(N2Cc3cn[nH]c3C2)CN(CCc2ccccn2)[C@@H]1c1cc(F)ccc1F. The first-order valence-corrected chi connectivity index (χ1v) is 10.7. The largest absolute Gasteiger partial charge is 0.326 e. The Morgan fingerprint density at radius 1 is 1.16 bits per heavy atom. The Kier molecular flexibility index (Phi) is 5.52. The average molecular weight is 424 g/mol. The van der Waals surface area contributed by atoms with Gasteiger partial charge in [-0.15, -0.1) is 0 Å². The minimum absolute atomic E-state index is 0.229. The summed E-state index contributed by atoms with van der Waals surface area (Å²) in [7, 11) is 0. The Hall–Kier alpha value is -2.68. The minimum atomic E-state index is -0.444. The van der Waals surface area contributed by atoms with Gasteiger partial charge in [0.15, 0.2) is 0 Å². The fourth-order valence-electron chi connectivity index (χ4n) is 4.99. The number of fused-ring (bicyclic) bond motifs is 1. The molecule has 3 N–H and O–H groups in total. The molecule has 4 heterocycles. The minimum Gasteiger partial charge on any atom is -0.326 e. The summed E-state index contributed by atoms with van der Waals surface area (Å²) in [5.74, 6) is -0.855. The molecule has 8 heteroatoms. The van der Waals surface area contributed by atoms with Crippen LogP contribution in [0, 0.1) is 11.6 Å². The molecule has 1 fully saturated rings. The van der Waals surface area contributed by atoms with Gasteiger partial charge in [0.2, 0.25) is 0 Å². The van der Waals surface area contributed by atoms with Gasteiger partial charge >= 0.3 is 0 Å². The van der Waals surface area contributed by atoms with E-state index in [1.165, 1.54) is 17.7 Å². The highest BCUT2D eigenvalue weighted by Gasteiger charge is 2.40. The molecule has 0 saturated carbocycles. The van der Waals surface area contributed by atoms with Gasteiger partial charge in [-0.25, -0.2) is 8.78 Å². The maximum absolute atomic E-state index is 14.7. The zero-order chi connectivity index (χ0) is 21.4. The van der Waals surface area contributed by atoms with E-state index < -0.39 is 11.6 Å². The van der Waals surface area contributed by atoms with E-state index in [1.54, 1.807) is 6.20 Å². The normalized spacial score (nSPS) is 24.4. The van der Waals surface area contributed by atoms with Gasteiger partial charge in [0.25, 0.3) is 0 Å². The molecule has 2 aliphatic rings. The van der Waals surface area contributed by atoms with Crippen LogP contribution in [0.1, 0.15) is 35.0 Å². The molecule has 1 aromatic carbocycles. The van der Waals surface area contributed by atoms with Gasteiger partial charge in [-0.05, 0) is 36.8 Å². The molecule has 6 nitrogen and oxygen atoms in total. The summed E-state index contributed by atoms with van der Waals surface area (Å²) in [6, 6.07) is 9.02. The van der Waals surface area contributed by atoms with Crippen LogP contribution in [0.5, 0.6) is 0 Å². The number of rotatable bonds is 5. The van der Waals surface area contributed by atoms with Gasteiger partial charge in [0, 0.05) is 67.7 Å².